The Labute approximate surface area is 388 Å². The monoisotopic (exact) mass is 848 g/mol. The molecular weight excluding hydrogens is 755 g/mol. The molecule has 0 heterocycles. The van der Waals surface area contributed by atoms with Crippen molar-refractivity contribution in [3.8, 4) is 11.8 Å². The SMILES string of the molecule is CC.CC#CC.CC(C)(C)C.CC(C)=C(C)C.CC(C)C.CC1(C)CCCCC1.CCc1ccccc1C(C)C.Cc1c(F)c(F)c(C)c(F)c1F.[B].[B].[B].[B]CC(C)C[B]. The fourth-order valence-corrected chi connectivity index (χ4v) is 3.88. The van der Waals surface area contributed by atoms with E-state index in [0.717, 1.165) is 26.2 Å². The Morgan fingerprint density at radius 1 is 0.656 bits per heavy atom. The van der Waals surface area contributed by atoms with Gasteiger partial charge in [0.15, 0.2) is 23.3 Å². The highest BCUT2D eigenvalue weighted by Crippen LogP contribution is 2.34. The average Bonchev–Trinajstić information content (AvgIpc) is 3.16. The van der Waals surface area contributed by atoms with E-state index in [-0.39, 0.29) is 25.2 Å². The summed E-state index contributed by atoms with van der Waals surface area (Å²) in [6.45, 7) is 46.8. The Kier molecular flexibility index (Phi) is 61.4. The molecule has 0 nitrogen and oxygen atoms in total. The van der Waals surface area contributed by atoms with Crippen molar-refractivity contribution in [1.29, 1.82) is 0 Å². The zero-order valence-corrected chi connectivity index (χ0v) is 44.1. The normalized spacial score (nSPS) is 11.2. The standard InChI is InChI=1S/C11H16.C8H6F4.C8H16.C6H12.C5H12.C4H8B2.C4H10.C4H6.C2H6.3B/c1-4-10-7-5-6-8-11(10)9(2)3;1-3-5(9)7(11)4(2)8(12)6(3)10;1-8(2)6-4-3-5-7-8;1-5(2)6(3)4;1-5(2,3)4;1-4(2-5)3-6;1-4(2)3;1-3-4-2;1-2;;;/h5-9H,4H2,1-3H3;1-2H3;3-7H2,1-2H3;1-4H3;1-4H3;4H,2-3H2,1H3;4H,1-3H3;1-2H3;1-2H3;;;. The van der Waals surface area contributed by atoms with Crippen molar-refractivity contribution in [2.45, 2.75) is 216 Å². The lowest BCUT2D eigenvalue weighted by Gasteiger charge is -2.28. The zero-order chi connectivity index (χ0) is 47.4. The molecule has 0 bridgehead atoms. The van der Waals surface area contributed by atoms with Crippen LogP contribution in [-0.2, 0) is 6.42 Å². The minimum absolute atomic E-state index is 0. The van der Waals surface area contributed by atoms with Crippen LogP contribution in [0.1, 0.15) is 206 Å². The summed E-state index contributed by atoms with van der Waals surface area (Å²) in [4.78, 5) is 0. The molecule has 9 heteroatoms. The summed E-state index contributed by atoms with van der Waals surface area (Å²) < 4.78 is 50.6. The van der Waals surface area contributed by atoms with E-state index in [1.807, 2.05) is 34.6 Å². The molecule has 0 atom stereocenters. The first-order valence-electron chi connectivity index (χ1n) is 21.7. The maximum absolute atomic E-state index is 12.7. The first-order chi connectivity index (χ1) is 26.5. The maximum atomic E-state index is 12.7. The van der Waals surface area contributed by atoms with Crippen molar-refractivity contribution < 1.29 is 17.6 Å². The van der Waals surface area contributed by atoms with Gasteiger partial charge >= 0.3 is 0 Å². The summed E-state index contributed by atoms with van der Waals surface area (Å²) in [5.41, 5.74) is 5.76. The third-order valence-corrected chi connectivity index (χ3v) is 8.02. The van der Waals surface area contributed by atoms with E-state index < -0.39 is 34.4 Å². The van der Waals surface area contributed by atoms with Gasteiger partial charge in [0, 0.05) is 36.4 Å². The molecule has 0 aromatic heterocycles. The van der Waals surface area contributed by atoms with Crippen molar-refractivity contribution in [3.63, 3.8) is 0 Å². The van der Waals surface area contributed by atoms with Crippen LogP contribution in [0.5, 0.6) is 0 Å². The third-order valence-electron chi connectivity index (χ3n) is 8.02. The second kappa shape index (κ2) is 47.3. The summed E-state index contributed by atoms with van der Waals surface area (Å²) in [6, 6.07) is 8.68. The number of hydrogen-bond acceptors (Lipinski definition) is 0. The van der Waals surface area contributed by atoms with Crippen molar-refractivity contribution in [1.82, 2.24) is 0 Å². The van der Waals surface area contributed by atoms with Gasteiger partial charge in [0.05, 0.1) is 15.7 Å². The molecule has 13 radical (unpaired) electrons. The highest BCUT2D eigenvalue weighted by Gasteiger charge is 2.20. The van der Waals surface area contributed by atoms with Crippen molar-refractivity contribution >= 4 is 40.9 Å². The summed E-state index contributed by atoms with van der Waals surface area (Å²) in [7, 11) is 10.4. The molecular formula is C52H92B5F4. The van der Waals surface area contributed by atoms with Crippen molar-refractivity contribution in [2.24, 2.45) is 22.7 Å². The number of benzene rings is 2. The van der Waals surface area contributed by atoms with Gasteiger partial charge in [0.1, 0.15) is 0 Å². The molecule has 1 aliphatic rings. The molecule has 0 spiro atoms. The van der Waals surface area contributed by atoms with E-state index in [4.69, 9.17) is 15.7 Å². The number of hydrogen-bond donors (Lipinski definition) is 0. The maximum Gasteiger partial charge on any atom is 0.165 e. The predicted molar refractivity (Wildman–Crippen MR) is 276 cm³/mol. The summed E-state index contributed by atoms with van der Waals surface area (Å²) in [6.07, 6.45) is 9.87. The second-order valence-corrected chi connectivity index (χ2v) is 18.2. The number of rotatable bonds is 4. The van der Waals surface area contributed by atoms with Gasteiger partial charge in [0.25, 0.3) is 0 Å². The minimum atomic E-state index is -1.33. The second-order valence-electron chi connectivity index (χ2n) is 18.2. The zero-order valence-electron chi connectivity index (χ0n) is 44.1. The van der Waals surface area contributed by atoms with Gasteiger partial charge in [-0.1, -0.05) is 177 Å². The first kappa shape index (κ1) is 79.2. The van der Waals surface area contributed by atoms with Gasteiger partial charge in [-0.3, -0.25) is 0 Å². The van der Waals surface area contributed by atoms with Gasteiger partial charge in [-0.25, -0.2) is 17.6 Å². The topological polar surface area (TPSA) is 0 Å². The highest BCUT2D eigenvalue weighted by molar-refractivity contribution is 6.11. The fraction of sp³-hybridized carbons (Fsp3) is 0.692. The van der Waals surface area contributed by atoms with E-state index in [1.54, 1.807) is 0 Å². The van der Waals surface area contributed by atoms with Crippen LogP contribution in [0.15, 0.2) is 35.4 Å². The lowest BCUT2D eigenvalue weighted by atomic mass is 9.78. The van der Waals surface area contributed by atoms with E-state index in [0.29, 0.717) is 35.3 Å². The van der Waals surface area contributed by atoms with Gasteiger partial charge in [-0.05, 0) is 108 Å². The Morgan fingerprint density at radius 3 is 1.08 bits per heavy atom. The molecule has 2 aromatic carbocycles. The highest BCUT2D eigenvalue weighted by atomic mass is 19.2. The van der Waals surface area contributed by atoms with Crippen molar-refractivity contribution in [3.05, 3.63) is 80.9 Å². The van der Waals surface area contributed by atoms with E-state index in [1.165, 1.54) is 54.4 Å². The Morgan fingerprint density at radius 2 is 0.934 bits per heavy atom. The fourth-order valence-electron chi connectivity index (χ4n) is 3.88. The number of halogens is 4. The van der Waals surface area contributed by atoms with E-state index >= 15 is 0 Å². The molecule has 1 saturated carbocycles. The molecule has 3 rings (SSSR count). The molecule has 1 fully saturated rings. The average molecular weight is 847 g/mol. The third kappa shape index (κ3) is 53.9. The molecule has 1 aliphatic carbocycles. The minimum Gasteiger partial charge on any atom is -0.203 e. The van der Waals surface area contributed by atoms with E-state index in [9.17, 15) is 17.6 Å². The van der Waals surface area contributed by atoms with Crippen LogP contribution in [-0.4, -0.2) is 40.9 Å². The van der Waals surface area contributed by atoms with Crippen LogP contribution < -0.4 is 0 Å². The lowest BCUT2D eigenvalue weighted by Crippen LogP contribution is -2.14. The van der Waals surface area contributed by atoms with Crippen LogP contribution in [0.2, 0.25) is 12.6 Å². The van der Waals surface area contributed by atoms with Crippen LogP contribution in [0.3, 0.4) is 0 Å². The summed E-state index contributed by atoms with van der Waals surface area (Å²) >= 11 is 0. The molecule has 343 valence electrons. The Bertz CT molecular complexity index is 1220. The van der Waals surface area contributed by atoms with Gasteiger partial charge in [-0.15, -0.1) is 11.8 Å². The molecule has 61 heavy (non-hydrogen) atoms. The number of allylic oxidation sites excluding steroid dienone is 2. The number of aryl methyl sites for hydroxylation is 1. The molecule has 2 aromatic rings. The predicted octanol–water partition coefficient (Wildman–Crippen LogP) is 17.0. The van der Waals surface area contributed by atoms with Crippen LogP contribution in [0, 0.1) is 71.6 Å². The quantitative estimate of drug-likeness (QED) is 0.0945. The van der Waals surface area contributed by atoms with Gasteiger partial charge in [-0.2, -0.15) is 0 Å². The summed E-state index contributed by atoms with van der Waals surface area (Å²) in [5, 5.41) is 0. The summed E-state index contributed by atoms with van der Waals surface area (Å²) in [5.74, 6) is 2.03. The van der Waals surface area contributed by atoms with Crippen LogP contribution in [0.4, 0.5) is 17.6 Å². The smallest absolute Gasteiger partial charge is 0.165 e. The Balaban J connectivity index is -0.0000000736. The molecule has 0 amide bonds. The first-order valence-corrected chi connectivity index (χ1v) is 21.7. The van der Waals surface area contributed by atoms with Gasteiger partial charge in [0.2, 0.25) is 0 Å². The van der Waals surface area contributed by atoms with Crippen molar-refractivity contribution in [2.75, 3.05) is 0 Å². The molecule has 0 aliphatic heterocycles. The lowest BCUT2D eigenvalue weighted by molar-refractivity contribution is 0.244. The molecule has 0 unspecified atom stereocenters. The van der Waals surface area contributed by atoms with Crippen LogP contribution in [0.25, 0.3) is 0 Å². The largest absolute Gasteiger partial charge is 0.203 e. The molecule has 0 N–H and O–H groups in total. The van der Waals surface area contributed by atoms with E-state index in [2.05, 4.69) is 147 Å². The Hall–Kier alpha value is -2.22. The molecule has 0 saturated heterocycles. The van der Waals surface area contributed by atoms with Gasteiger partial charge < -0.3 is 0 Å². The van der Waals surface area contributed by atoms with Crippen LogP contribution >= 0.6 is 0 Å².